The lowest BCUT2D eigenvalue weighted by Crippen LogP contribution is -2.01. The van der Waals surface area contributed by atoms with Gasteiger partial charge in [-0.3, -0.25) is 0 Å². The van der Waals surface area contributed by atoms with E-state index in [-0.39, 0.29) is 5.75 Å². The van der Waals surface area contributed by atoms with Gasteiger partial charge < -0.3 is 10.4 Å². The molecule has 0 aliphatic heterocycles. The average molecular weight is 438 g/mol. The number of rotatable bonds is 3. The Kier molecular flexibility index (Phi) is 4.75. The lowest BCUT2D eigenvalue weighted by atomic mass is 10.2. The largest absolute Gasteiger partial charge is 0.506 e. The van der Waals surface area contributed by atoms with E-state index in [0.717, 1.165) is 19.8 Å². The fourth-order valence-electron chi connectivity index (χ4n) is 1.53. The minimum Gasteiger partial charge on any atom is -0.506 e. The molecule has 0 unspecified atom stereocenters. The minimum atomic E-state index is 0.272. The first-order valence-corrected chi connectivity index (χ1v) is 7.48. The molecular weight excluding hydrogens is 428 g/mol. The molecule has 0 aliphatic carbocycles. The summed E-state index contributed by atoms with van der Waals surface area (Å²) in [6.07, 6.45) is 0. The first kappa shape index (κ1) is 14.0. The second-order valence-electron chi connectivity index (χ2n) is 3.73. The van der Waals surface area contributed by atoms with Crippen molar-refractivity contribution < 1.29 is 5.11 Å². The van der Waals surface area contributed by atoms with E-state index in [2.05, 4.69) is 43.8 Å². The van der Waals surface area contributed by atoms with Crippen LogP contribution in [-0.4, -0.2) is 5.11 Å². The van der Waals surface area contributed by atoms with Gasteiger partial charge in [-0.15, -0.1) is 0 Å². The highest BCUT2D eigenvalue weighted by Crippen LogP contribution is 2.29. The lowest BCUT2D eigenvalue weighted by Gasteiger charge is -2.10. The van der Waals surface area contributed by atoms with Gasteiger partial charge in [-0.1, -0.05) is 23.7 Å². The standard InChI is InChI=1S/C13H10BrClINO/c14-10-3-1-2-8(13(10)18)7-17-12-5-4-9(15)6-11(12)16/h1-6,17-18H,7H2. The predicted octanol–water partition coefficient (Wildman–Crippen LogP) is 5.02. The number of phenolic OH excluding ortho intramolecular Hbond substituents is 1. The fraction of sp³-hybridized carbons (Fsp3) is 0.0769. The molecule has 0 fully saturated rings. The van der Waals surface area contributed by atoms with Gasteiger partial charge in [-0.05, 0) is 62.8 Å². The van der Waals surface area contributed by atoms with Crippen LogP contribution >= 0.6 is 50.1 Å². The number of benzene rings is 2. The summed E-state index contributed by atoms with van der Waals surface area (Å²) in [7, 11) is 0. The zero-order valence-electron chi connectivity index (χ0n) is 9.25. The van der Waals surface area contributed by atoms with Crippen LogP contribution in [0.15, 0.2) is 40.9 Å². The normalized spacial score (nSPS) is 10.4. The Balaban J connectivity index is 2.14. The van der Waals surface area contributed by atoms with E-state index < -0.39 is 0 Å². The maximum atomic E-state index is 9.88. The molecule has 2 nitrogen and oxygen atoms in total. The van der Waals surface area contributed by atoms with Crippen LogP contribution in [0.2, 0.25) is 5.02 Å². The number of phenols is 1. The van der Waals surface area contributed by atoms with Crippen LogP contribution in [-0.2, 0) is 6.54 Å². The van der Waals surface area contributed by atoms with E-state index >= 15 is 0 Å². The molecule has 0 saturated carbocycles. The third-order valence-electron chi connectivity index (χ3n) is 2.47. The summed E-state index contributed by atoms with van der Waals surface area (Å²) in [5.41, 5.74) is 1.84. The maximum Gasteiger partial charge on any atom is 0.134 e. The Morgan fingerprint density at radius 2 is 2.06 bits per heavy atom. The van der Waals surface area contributed by atoms with Crippen molar-refractivity contribution in [3.63, 3.8) is 0 Å². The first-order chi connectivity index (χ1) is 8.58. The number of nitrogens with one attached hydrogen (secondary N) is 1. The summed E-state index contributed by atoms with van der Waals surface area (Å²) in [6.45, 7) is 0.558. The van der Waals surface area contributed by atoms with Gasteiger partial charge in [0.2, 0.25) is 0 Å². The third kappa shape index (κ3) is 3.30. The van der Waals surface area contributed by atoms with Gasteiger partial charge >= 0.3 is 0 Å². The lowest BCUT2D eigenvalue weighted by molar-refractivity contribution is 0.465. The van der Waals surface area contributed by atoms with Crippen LogP contribution in [0.25, 0.3) is 0 Å². The van der Waals surface area contributed by atoms with Gasteiger partial charge in [0.05, 0.1) is 4.47 Å². The molecule has 0 heterocycles. The summed E-state index contributed by atoms with van der Waals surface area (Å²) in [4.78, 5) is 0. The molecule has 2 aromatic rings. The van der Waals surface area contributed by atoms with Crippen molar-refractivity contribution in [2.24, 2.45) is 0 Å². The van der Waals surface area contributed by atoms with Crippen molar-refractivity contribution in [1.82, 2.24) is 0 Å². The van der Waals surface area contributed by atoms with E-state index in [1.807, 2.05) is 36.4 Å². The van der Waals surface area contributed by atoms with E-state index in [1.54, 1.807) is 0 Å². The highest BCUT2D eigenvalue weighted by Gasteiger charge is 2.05. The van der Waals surface area contributed by atoms with Crippen molar-refractivity contribution >= 4 is 55.8 Å². The number of hydrogen-bond donors (Lipinski definition) is 2. The number of hydrogen-bond acceptors (Lipinski definition) is 2. The number of halogens is 3. The topological polar surface area (TPSA) is 32.3 Å². The summed E-state index contributed by atoms with van der Waals surface area (Å²) < 4.78 is 1.75. The Morgan fingerprint density at radius 1 is 1.28 bits per heavy atom. The molecule has 0 aromatic heterocycles. The summed E-state index contributed by atoms with van der Waals surface area (Å²) in [6, 6.07) is 11.3. The van der Waals surface area contributed by atoms with Crippen LogP contribution < -0.4 is 5.32 Å². The Labute approximate surface area is 133 Å². The molecule has 2 aromatic carbocycles. The Hall–Kier alpha value is -0.460. The molecule has 5 heteroatoms. The fourth-order valence-corrected chi connectivity index (χ4v) is 3.00. The molecule has 0 radical (unpaired) electrons. The average Bonchev–Trinajstić information content (AvgIpc) is 2.33. The van der Waals surface area contributed by atoms with Crippen molar-refractivity contribution in [2.75, 3.05) is 5.32 Å². The molecule has 18 heavy (non-hydrogen) atoms. The van der Waals surface area contributed by atoms with Gasteiger partial charge in [-0.2, -0.15) is 0 Å². The maximum absolute atomic E-state index is 9.88. The van der Waals surface area contributed by atoms with Crippen molar-refractivity contribution in [3.8, 4) is 5.75 Å². The molecule has 0 atom stereocenters. The second-order valence-corrected chi connectivity index (χ2v) is 6.18. The smallest absolute Gasteiger partial charge is 0.134 e. The van der Waals surface area contributed by atoms with E-state index in [0.29, 0.717) is 11.0 Å². The van der Waals surface area contributed by atoms with E-state index in [1.165, 1.54) is 0 Å². The van der Waals surface area contributed by atoms with Gasteiger partial charge in [0, 0.05) is 26.4 Å². The first-order valence-electron chi connectivity index (χ1n) is 5.23. The molecule has 2 rings (SSSR count). The Morgan fingerprint density at radius 3 is 2.78 bits per heavy atom. The molecule has 0 bridgehead atoms. The second kappa shape index (κ2) is 6.12. The van der Waals surface area contributed by atoms with Crippen molar-refractivity contribution in [1.29, 1.82) is 0 Å². The van der Waals surface area contributed by atoms with Crippen LogP contribution in [0, 0.1) is 3.57 Å². The third-order valence-corrected chi connectivity index (χ3v) is 4.24. The van der Waals surface area contributed by atoms with Gasteiger partial charge in [0.1, 0.15) is 5.75 Å². The monoisotopic (exact) mass is 437 g/mol. The van der Waals surface area contributed by atoms with Crippen molar-refractivity contribution in [2.45, 2.75) is 6.54 Å². The van der Waals surface area contributed by atoms with Crippen LogP contribution in [0.3, 0.4) is 0 Å². The van der Waals surface area contributed by atoms with Crippen LogP contribution in [0.4, 0.5) is 5.69 Å². The number of para-hydroxylation sites is 1. The molecular formula is C13H10BrClINO. The number of anilines is 1. The van der Waals surface area contributed by atoms with Crippen LogP contribution in [0.1, 0.15) is 5.56 Å². The van der Waals surface area contributed by atoms with Crippen molar-refractivity contribution in [3.05, 3.63) is 55.0 Å². The summed E-state index contributed by atoms with van der Waals surface area (Å²) in [5, 5.41) is 13.9. The van der Waals surface area contributed by atoms with Gasteiger partial charge in [0.15, 0.2) is 0 Å². The quantitative estimate of drug-likeness (QED) is 0.660. The predicted molar refractivity (Wildman–Crippen MR) is 87.3 cm³/mol. The molecule has 0 spiro atoms. The highest BCUT2D eigenvalue weighted by atomic mass is 127. The zero-order valence-corrected chi connectivity index (χ0v) is 13.8. The highest BCUT2D eigenvalue weighted by molar-refractivity contribution is 14.1. The molecule has 0 amide bonds. The summed E-state index contributed by atoms with van der Waals surface area (Å²) >= 11 is 11.4. The molecule has 0 aliphatic rings. The van der Waals surface area contributed by atoms with E-state index in [9.17, 15) is 5.11 Å². The number of aromatic hydroxyl groups is 1. The molecule has 2 N–H and O–H groups in total. The summed E-state index contributed by atoms with van der Waals surface area (Å²) in [5.74, 6) is 0.272. The van der Waals surface area contributed by atoms with E-state index in [4.69, 9.17) is 11.6 Å². The SMILES string of the molecule is Oc1c(Br)cccc1CNc1ccc(Cl)cc1I. The molecule has 0 saturated heterocycles. The molecule has 94 valence electrons. The zero-order chi connectivity index (χ0) is 13.1. The van der Waals surface area contributed by atoms with Crippen LogP contribution in [0.5, 0.6) is 5.75 Å². The Bertz CT molecular complexity index is 577. The minimum absolute atomic E-state index is 0.272. The van der Waals surface area contributed by atoms with Gasteiger partial charge in [0.25, 0.3) is 0 Å². The van der Waals surface area contributed by atoms with Gasteiger partial charge in [-0.25, -0.2) is 0 Å².